The van der Waals surface area contributed by atoms with Gasteiger partial charge >= 0.3 is 0 Å². The van der Waals surface area contributed by atoms with Gasteiger partial charge in [0.25, 0.3) is 0 Å². The Kier molecular flexibility index (Phi) is 5.52. The van der Waals surface area contributed by atoms with E-state index in [1.807, 2.05) is 0 Å². The van der Waals surface area contributed by atoms with E-state index in [1.165, 1.54) is 22.8 Å². The Bertz CT molecular complexity index is 1030. The molecule has 28 heavy (non-hydrogen) atoms. The van der Waals surface area contributed by atoms with Crippen molar-refractivity contribution in [2.45, 2.75) is 45.5 Å². The monoisotopic (exact) mass is 444 g/mol. The lowest BCUT2D eigenvalue weighted by atomic mass is 10.2. The first kappa shape index (κ1) is 21.1. The molecule has 0 atom stereocenters. The van der Waals surface area contributed by atoms with E-state index in [9.17, 15) is 8.78 Å². The van der Waals surface area contributed by atoms with Crippen LogP contribution in [0.1, 0.15) is 26.5 Å². The van der Waals surface area contributed by atoms with Crippen LogP contribution in [-0.2, 0) is 11.0 Å². The molecule has 150 valence electrons. The average molecular weight is 445 g/mol. The summed E-state index contributed by atoms with van der Waals surface area (Å²) in [5.41, 5.74) is 1.31. The van der Waals surface area contributed by atoms with Crippen molar-refractivity contribution >= 4 is 37.0 Å². The van der Waals surface area contributed by atoms with Gasteiger partial charge in [0.2, 0.25) is 0 Å². The lowest BCUT2D eigenvalue weighted by Crippen LogP contribution is -2.40. The minimum atomic E-state index is -2.08. The molecule has 0 bridgehead atoms. The lowest BCUT2D eigenvalue weighted by molar-refractivity contribution is 0.272. The van der Waals surface area contributed by atoms with E-state index in [2.05, 4.69) is 48.9 Å². The van der Waals surface area contributed by atoms with E-state index >= 15 is 0 Å². The lowest BCUT2D eigenvalue weighted by Gasteiger charge is -2.35. The highest BCUT2D eigenvalue weighted by Gasteiger charge is 2.37. The second-order valence-corrected chi connectivity index (χ2v) is 13.5. The summed E-state index contributed by atoms with van der Waals surface area (Å²) in [5, 5.41) is 3.65. The SMILES string of the molecule is CC(C)(C)[Si](C)(C)OCc1nn2ccc(F)cc2c1-c1nc(Cl)c(F)c(Cl)n1. The minimum Gasteiger partial charge on any atom is -0.411 e. The van der Waals surface area contributed by atoms with Gasteiger partial charge in [0.05, 0.1) is 23.4 Å². The standard InChI is InChI=1S/C18H20Cl2F2N4OSi/c1-18(2,3)28(4,5)27-9-11-13(12-8-10(21)6-7-26(12)25-11)17-23-15(19)14(22)16(20)24-17/h6-8H,9H2,1-5H3. The van der Waals surface area contributed by atoms with E-state index in [-0.39, 0.29) is 17.5 Å². The molecular weight excluding hydrogens is 425 g/mol. The summed E-state index contributed by atoms with van der Waals surface area (Å²) in [6, 6.07) is 2.58. The van der Waals surface area contributed by atoms with Gasteiger partial charge in [-0.15, -0.1) is 0 Å². The van der Waals surface area contributed by atoms with E-state index in [0.717, 1.165) is 0 Å². The van der Waals surface area contributed by atoms with Crippen molar-refractivity contribution in [3.05, 3.63) is 46.0 Å². The van der Waals surface area contributed by atoms with Crippen LogP contribution in [0.2, 0.25) is 28.4 Å². The topological polar surface area (TPSA) is 52.3 Å². The summed E-state index contributed by atoms with van der Waals surface area (Å²) in [6.45, 7) is 10.8. The van der Waals surface area contributed by atoms with Gasteiger partial charge in [-0.05, 0) is 24.2 Å². The van der Waals surface area contributed by atoms with Gasteiger partial charge < -0.3 is 4.43 Å². The van der Waals surface area contributed by atoms with Crippen molar-refractivity contribution in [3.8, 4) is 11.4 Å². The van der Waals surface area contributed by atoms with Crippen LogP contribution in [0.15, 0.2) is 18.3 Å². The first-order chi connectivity index (χ1) is 12.9. The summed E-state index contributed by atoms with van der Waals surface area (Å²) in [4.78, 5) is 7.97. The number of rotatable bonds is 4. The number of nitrogens with zero attached hydrogens (tertiary/aromatic N) is 4. The van der Waals surface area contributed by atoms with Gasteiger partial charge in [0.15, 0.2) is 30.3 Å². The molecule has 0 radical (unpaired) electrons. The molecule has 10 heteroatoms. The second kappa shape index (κ2) is 7.33. The maximum atomic E-state index is 13.9. The van der Waals surface area contributed by atoms with Crippen molar-refractivity contribution < 1.29 is 13.2 Å². The molecule has 0 aromatic carbocycles. The fourth-order valence-corrected chi connectivity index (χ4v) is 3.70. The largest absolute Gasteiger partial charge is 0.411 e. The van der Waals surface area contributed by atoms with Crippen molar-refractivity contribution in [2.75, 3.05) is 0 Å². The molecule has 0 aliphatic heterocycles. The molecule has 0 fully saturated rings. The number of halogens is 4. The van der Waals surface area contributed by atoms with Gasteiger partial charge in [-0.3, -0.25) is 0 Å². The molecule has 0 saturated carbocycles. The van der Waals surface area contributed by atoms with Crippen LogP contribution in [0.3, 0.4) is 0 Å². The summed E-state index contributed by atoms with van der Waals surface area (Å²) < 4.78 is 35.4. The number of pyridine rings is 1. The maximum Gasteiger partial charge on any atom is 0.197 e. The van der Waals surface area contributed by atoms with Crippen LogP contribution < -0.4 is 0 Å². The number of hydrogen-bond acceptors (Lipinski definition) is 4. The van der Waals surface area contributed by atoms with E-state index in [4.69, 9.17) is 27.6 Å². The first-order valence-electron chi connectivity index (χ1n) is 8.60. The predicted octanol–water partition coefficient (Wildman–Crippen LogP) is 5.90. The van der Waals surface area contributed by atoms with Crippen LogP contribution in [0.25, 0.3) is 16.9 Å². The third-order valence-electron chi connectivity index (χ3n) is 5.04. The highest BCUT2D eigenvalue weighted by Crippen LogP contribution is 2.38. The van der Waals surface area contributed by atoms with Crippen molar-refractivity contribution in [1.29, 1.82) is 0 Å². The highest BCUT2D eigenvalue weighted by molar-refractivity contribution is 6.74. The smallest absolute Gasteiger partial charge is 0.197 e. The van der Waals surface area contributed by atoms with Crippen LogP contribution in [0.4, 0.5) is 8.78 Å². The molecule has 3 aromatic heterocycles. The highest BCUT2D eigenvalue weighted by atomic mass is 35.5. The molecule has 0 aliphatic carbocycles. The fourth-order valence-electron chi connectivity index (χ4n) is 2.38. The summed E-state index contributed by atoms with van der Waals surface area (Å²) in [5.74, 6) is -1.30. The van der Waals surface area contributed by atoms with Crippen molar-refractivity contribution in [3.63, 3.8) is 0 Å². The van der Waals surface area contributed by atoms with Crippen LogP contribution in [0.5, 0.6) is 0 Å². The molecule has 0 saturated heterocycles. The zero-order chi connectivity index (χ0) is 20.9. The molecule has 0 unspecified atom stereocenters. The molecule has 0 spiro atoms. The fraction of sp³-hybridized carbons (Fsp3) is 0.389. The molecule has 0 N–H and O–H groups in total. The van der Waals surface area contributed by atoms with E-state index < -0.39 is 30.3 Å². The Balaban J connectivity index is 2.15. The summed E-state index contributed by atoms with van der Waals surface area (Å²) in [6.07, 6.45) is 1.48. The zero-order valence-corrected chi connectivity index (χ0v) is 18.7. The predicted molar refractivity (Wildman–Crippen MR) is 108 cm³/mol. The molecular formula is C18H20Cl2F2N4OSi. The van der Waals surface area contributed by atoms with Crippen molar-refractivity contribution in [2.24, 2.45) is 0 Å². The number of hydrogen-bond donors (Lipinski definition) is 0. The Morgan fingerprint density at radius 1 is 1.14 bits per heavy atom. The zero-order valence-electron chi connectivity index (χ0n) is 16.1. The van der Waals surface area contributed by atoms with Gasteiger partial charge in [-0.1, -0.05) is 44.0 Å². The Morgan fingerprint density at radius 3 is 2.32 bits per heavy atom. The maximum absolute atomic E-state index is 13.9. The molecule has 0 amide bonds. The van der Waals surface area contributed by atoms with Gasteiger partial charge in [0, 0.05) is 12.3 Å². The van der Waals surface area contributed by atoms with Crippen molar-refractivity contribution in [1.82, 2.24) is 19.6 Å². The Hall–Kier alpha value is -1.61. The normalized spacial score (nSPS) is 12.8. The summed E-state index contributed by atoms with van der Waals surface area (Å²) in [7, 11) is -2.08. The minimum absolute atomic E-state index is 0.00256. The van der Waals surface area contributed by atoms with Crippen LogP contribution in [0, 0.1) is 11.6 Å². The Labute approximate surface area is 172 Å². The van der Waals surface area contributed by atoms with Gasteiger partial charge in [-0.2, -0.15) is 5.10 Å². The third-order valence-corrected chi connectivity index (χ3v) is 10.0. The number of fused-ring (bicyclic) bond motifs is 1. The average Bonchev–Trinajstić information content (AvgIpc) is 2.94. The van der Waals surface area contributed by atoms with E-state index in [0.29, 0.717) is 16.8 Å². The quantitative estimate of drug-likeness (QED) is 0.371. The van der Waals surface area contributed by atoms with Gasteiger partial charge in [0.1, 0.15) is 5.82 Å². The molecule has 3 rings (SSSR count). The Morgan fingerprint density at radius 2 is 1.75 bits per heavy atom. The first-order valence-corrected chi connectivity index (χ1v) is 12.3. The van der Waals surface area contributed by atoms with Crippen LogP contribution >= 0.6 is 23.2 Å². The van der Waals surface area contributed by atoms with Crippen LogP contribution in [-0.4, -0.2) is 27.9 Å². The number of aromatic nitrogens is 4. The molecule has 3 aromatic rings. The molecule has 5 nitrogen and oxygen atoms in total. The molecule has 3 heterocycles. The molecule has 0 aliphatic rings. The van der Waals surface area contributed by atoms with E-state index in [1.54, 1.807) is 0 Å². The third kappa shape index (κ3) is 3.91. The second-order valence-electron chi connectivity index (χ2n) is 7.99. The van der Waals surface area contributed by atoms with Gasteiger partial charge in [-0.25, -0.2) is 23.3 Å². The summed E-state index contributed by atoms with van der Waals surface area (Å²) >= 11 is 11.7.